The summed E-state index contributed by atoms with van der Waals surface area (Å²) in [6, 6.07) is 5.01. The van der Waals surface area contributed by atoms with E-state index >= 15 is 0 Å². The molecule has 2 aromatic rings. The number of carbonyl (C=O) groups is 1. The number of nitrogens with one attached hydrogen (secondary N) is 2. The van der Waals surface area contributed by atoms with Crippen LogP contribution in [0, 0.1) is 5.82 Å². The summed E-state index contributed by atoms with van der Waals surface area (Å²) >= 11 is 0. The monoisotopic (exact) mass is 320 g/mol. The highest BCUT2D eigenvalue weighted by molar-refractivity contribution is 5.94. The molecule has 5 N–H and O–H groups in total. The number of amides is 1. The van der Waals surface area contributed by atoms with Crippen molar-refractivity contribution in [1.82, 2.24) is 15.3 Å². The third-order valence-electron chi connectivity index (χ3n) is 3.29. The summed E-state index contributed by atoms with van der Waals surface area (Å²) in [6.45, 7) is 1.90. The fourth-order valence-corrected chi connectivity index (χ4v) is 1.88. The highest BCUT2D eigenvalue weighted by atomic mass is 19.1. The van der Waals surface area contributed by atoms with Crippen LogP contribution < -0.4 is 16.6 Å². The van der Waals surface area contributed by atoms with Crippen molar-refractivity contribution in [3.63, 3.8) is 0 Å². The third kappa shape index (κ3) is 3.92. The van der Waals surface area contributed by atoms with Gasteiger partial charge in [0.2, 0.25) is 5.75 Å². The zero-order chi connectivity index (χ0) is 17.0. The first-order valence-electron chi connectivity index (χ1n) is 7.03. The number of halogens is 1. The molecule has 1 atom stereocenters. The predicted octanol–water partition coefficient (Wildman–Crippen LogP) is 0.954. The number of hydrogen-bond donors (Lipinski definition) is 4. The number of hydrogen-bond acceptors (Lipinski definition) is 5. The molecule has 1 heterocycles. The van der Waals surface area contributed by atoms with Crippen molar-refractivity contribution in [3.05, 3.63) is 57.5 Å². The zero-order valence-electron chi connectivity index (χ0n) is 12.5. The maximum Gasteiger partial charge on any atom is 0.293 e. The third-order valence-corrected chi connectivity index (χ3v) is 3.29. The second kappa shape index (κ2) is 7.01. The molecular formula is C15H17FN4O3. The lowest BCUT2D eigenvalue weighted by atomic mass is 10.2. The fourth-order valence-electron chi connectivity index (χ4n) is 1.88. The van der Waals surface area contributed by atoms with Crippen molar-refractivity contribution in [2.24, 2.45) is 5.73 Å². The van der Waals surface area contributed by atoms with Gasteiger partial charge in [0.25, 0.3) is 11.5 Å². The number of aromatic amines is 1. The molecule has 0 fully saturated rings. The van der Waals surface area contributed by atoms with Crippen molar-refractivity contribution in [3.8, 4) is 5.75 Å². The Morgan fingerprint density at radius 1 is 1.43 bits per heavy atom. The van der Waals surface area contributed by atoms with Crippen LogP contribution in [0.25, 0.3) is 0 Å². The molecule has 0 bridgehead atoms. The predicted molar refractivity (Wildman–Crippen MR) is 81.3 cm³/mol. The molecule has 2 rings (SSSR count). The smallest absolute Gasteiger partial charge is 0.293 e. The Hall–Kier alpha value is -2.74. The van der Waals surface area contributed by atoms with Crippen molar-refractivity contribution >= 4 is 5.91 Å². The molecule has 0 saturated heterocycles. The Labute approximate surface area is 131 Å². The van der Waals surface area contributed by atoms with Gasteiger partial charge in [-0.2, -0.15) is 0 Å². The second-order valence-corrected chi connectivity index (χ2v) is 4.97. The van der Waals surface area contributed by atoms with Gasteiger partial charge >= 0.3 is 0 Å². The fraction of sp³-hybridized carbons (Fsp3) is 0.267. The summed E-state index contributed by atoms with van der Waals surface area (Å²) in [6.07, 6.45) is 0.504. The molecule has 0 radical (unpaired) electrons. The van der Waals surface area contributed by atoms with Crippen LogP contribution in [-0.2, 0) is 6.54 Å². The zero-order valence-corrected chi connectivity index (χ0v) is 12.5. The Bertz CT molecular complexity index is 758. The van der Waals surface area contributed by atoms with E-state index in [9.17, 15) is 19.1 Å². The molecule has 0 saturated carbocycles. The molecule has 7 nitrogen and oxygen atoms in total. The number of nitrogens with two attached hydrogens (primary N) is 1. The van der Waals surface area contributed by atoms with Gasteiger partial charge in [-0.05, 0) is 24.1 Å². The lowest BCUT2D eigenvalue weighted by Gasteiger charge is -2.11. The molecule has 1 unspecified atom stereocenters. The van der Waals surface area contributed by atoms with Gasteiger partial charge in [0.05, 0.1) is 6.04 Å². The van der Waals surface area contributed by atoms with Crippen LogP contribution in [-0.4, -0.2) is 21.0 Å². The average Bonchev–Trinajstić information content (AvgIpc) is 2.55. The van der Waals surface area contributed by atoms with Crippen molar-refractivity contribution in [2.45, 2.75) is 25.9 Å². The number of carbonyl (C=O) groups excluding carboxylic acids is 1. The van der Waals surface area contributed by atoms with Gasteiger partial charge in [-0.25, -0.2) is 9.37 Å². The van der Waals surface area contributed by atoms with E-state index in [-0.39, 0.29) is 18.2 Å². The topological polar surface area (TPSA) is 121 Å². The lowest BCUT2D eigenvalue weighted by Crippen LogP contribution is -2.28. The first kappa shape index (κ1) is 16.6. The van der Waals surface area contributed by atoms with E-state index in [1.54, 1.807) is 6.92 Å². The molecule has 1 aromatic heterocycles. The van der Waals surface area contributed by atoms with Crippen LogP contribution in [0.15, 0.2) is 29.1 Å². The molecular weight excluding hydrogens is 303 g/mol. The molecule has 23 heavy (non-hydrogen) atoms. The van der Waals surface area contributed by atoms with E-state index in [1.807, 2.05) is 0 Å². The van der Waals surface area contributed by atoms with Crippen molar-refractivity contribution < 1.29 is 14.3 Å². The minimum Gasteiger partial charge on any atom is -0.501 e. The quantitative estimate of drug-likeness (QED) is 0.653. The van der Waals surface area contributed by atoms with Crippen LogP contribution in [0.4, 0.5) is 4.39 Å². The highest BCUT2D eigenvalue weighted by Gasteiger charge is 2.19. The summed E-state index contributed by atoms with van der Waals surface area (Å²) in [7, 11) is 0. The minimum absolute atomic E-state index is 0.0994. The van der Waals surface area contributed by atoms with Gasteiger partial charge in [0.1, 0.15) is 11.6 Å². The second-order valence-electron chi connectivity index (χ2n) is 4.97. The van der Waals surface area contributed by atoms with Gasteiger partial charge in [-0.15, -0.1) is 0 Å². The minimum atomic E-state index is -0.828. The maximum absolute atomic E-state index is 12.8. The van der Waals surface area contributed by atoms with Crippen LogP contribution in [0.3, 0.4) is 0 Å². The van der Waals surface area contributed by atoms with E-state index in [4.69, 9.17) is 5.73 Å². The summed E-state index contributed by atoms with van der Waals surface area (Å²) in [5.74, 6) is -1.74. The van der Waals surface area contributed by atoms with Crippen LogP contribution >= 0.6 is 0 Å². The van der Waals surface area contributed by atoms with E-state index < -0.39 is 29.0 Å². The Morgan fingerprint density at radius 3 is 2.70 bits per heavy atom. The standard InChI is InChI=1S/C15H17FN4O3/c1-2-10(17)13-19-11(12(21)15(23)20-13)14(22)18-7-8-3-5-9(16)6-4-8/h3-6,10,21H,2,7,17H2,1H3,(H,18,22)(H,19,20,23). The molecule has 0 aliphatic rings. The number of aromatic nitrogens is 2. The van der Waals surface area contributed by atoms with Gasteiger partial charge in [-0.3, -0.25) is 9.59 Å². The lowest BCUT2D eigenvalue weighted by molar-refractivity contribution is 0.0942. The van der Waals surface area contributed by atoms with E-state index in [0.717, 1.165) is 0 Å². The van der Waals surface area contributed by atoms with E-state index in [2.05, 4.69) is 15.3 Å². The average molecular weight is 320 g/mol. The first-order valence-corrected chi connectivity index (χ1v) is 7.03. The summed E-state index contributed by atoms with van der Waals surface area (Å²) in [4.78, 5) is 30.1. The van der Waals surface area contributed by atoms with Gasteiger partial charge < -0.3 is 21.1 Å². The van der Waals surface area contributed by atoms with Gasteiger partial charge in [0.15, 0.2) is 5.69 Å². The number of aromatic hydroxyl groups is 1. The molecule has 8 heteroatoms. The summed E-state index contributed by atoms with van der Waals surface area (Å²) < 4.78 is 12.8. The normalized spacial score (nSPS) is 12.0. The van der Waals surface area contributed by atoms with E-state index in [0.29, 0.717) is 12.0 Å². The number of H-pyrrole nitrogens is 1. The summed E-state index contributed by atoms with van der Waals surface area (Å²) in [5, 5.41) is 12.2. The largest absolute Gasteiger partial charge is 0.501 e. The SMILES string of the molecule is CCC(N)c1nc(C(=O)NCc2ccc(F)cc2)c(O)c(=O)[nH]1. The number of nitrogens with zero attached hydrogens (tertiary/aromatic N) is 1. The van der Waals surface area contributed by atoms with Gasteiger partial charge in [-0.1, -0.05) is 19.1 Å². The molecule has 0 aliphatic heterocycles. The Kier molecular flexibility index (Phi) is 5.07. The first-order chi connectivity index (χ1) is 10.9. The number of rotatable bonds is 5. The summed E-state index contributed by atoms with van der Waals surface area (Å²) in [5.41, 5.74) is 5.22. The van der Waals surface area contributed by atoms with Crippen molar-refractivity contribution in [2.75, 3.05) is 0 Å². The number of benzene rings is 1. The molecule has 1 amide bonds. The molecule has 0 aliphatic carbocycles. The Balaban J connectivity index is 2.19. The maximum atomic E-state index is 12.8. The molecule has 0 spiro atoms. The Morgan fingerprint density at radius 2 is 2.09 bits per heavy atom. The van der Waals surface area contributed by atoms with Crippen LogP contribution in [0.2, 0.25) is 0 Å². The van der Waals surface area contributed by atoms with Gasteiger partial charge in [0, 0.05) is 6.54 Å². The molecule has 122 valence electrons. The highest BCUT2D eigenvalue weighted by Crippen LogP contribution is 2.13. The van der Waals surface area contributed by atoms with E-state index in [1.165, 1.54) is 24.3 Å². The van der Waals surface area contributed by atoms with Crippen LogP contribution in [0.5, 0.6) is 5.75 Å². The van der Waals surface area contributed by atoms with Crippen LogP contribution in [0.1, 0.15) is 41.3 Å². The van der Waals surface area contributed by atoms with Crippen molar-refractivity contribution in [1.29, 1.82) is 0 Å². The molecule has 1 aromatic carbocycles.